The van der Waals surface area contributed by atoms with Crippen molar-refractivity contribution in [3.63, 3.8) is 0 Å². The zero-order chi connectivity index (χ0) is 93.7. The summed E-state index contributed by atoms with van der Waals surface area (Å²) in [5, 5.41) is 18.6. The van der Waals surface area contributed by atoms with Crippen molar-refractivity contribution in [2.45, 2.75) is 318 Å². The summed E-state index contributed by atoms with van der Waals surface area (Å²) in [5.74, 6) is -2.15. The molecule has 0 atom stereocenters. The SMILES string of the molecule is CC(C)N1CCC(C)(NC(=O)C2=C(F)C=CC(=O)C2)CC1.CC(C)N1CCC(C)(NC(=O)C2=CC(=O)C=CC2)CC1.CC(C)N1CCC(C)(NC(=O)c2cccn(C)c2=O)CC1.CC1=C(C(=O)NC2(C)CCN(C(C)C)CC2)CC(=O)C=C1.CC1=CC(=O)C=C(C(=O)NC2(C)CCN(C(C)C)CC2)C1.Cc1cc(=O)cc(C(=O)NC2(C)CCN(C(C)C)CC2)n1C. The molecule has 0 unspecified atom stereocenters. The predicted octanol–water partition coefficient (Wildman–Crippen LogP) is 11.4. The van der Waals surface area contributed by atoms with E-state index < -0.39 is 11.7 Å². The Hall–Kier alpha value is -8.99. The van der Waals surface area contributed by atoms with Crippen molar-refractivity contribution < 1.29 is 52.3 Å². The fourth-order valence-corrected chi connectivity index (χ4v) is 17.3. The number of carbonyl (C=O) groups is 10. The Labute approximate surface area is 749 Å². The Morgan fingerprint density at radius 3 is 1.09 bits per heavy atom. The second-order valence-electron chi connectivity index (χ2n) is 39.8. The average Bonchev–Trinajstić information content (AvgIpc) is 0.826. The van der Waals surface area contributed by atoms with Gasteiger partial charge >= 0.3 is 0 Å². The lowest BCUT2D eigenvalue weighted by atomic mass is 9.87. The van der Waals surface area contributed by atoms with E-state index in [1.54, 1.807) is 60.3 Å². The zero-order valence-corrected chi connectivity index (χ0v) is 80.2. The molecule has 2 aromatic rings. The van der Waals surface area contributed by atoms with Crippen LogP contribution in [0.3, 0.4) is 0 Å². The van der Waals surface area contributed by atoms with Crippen LogP contribution >= 0.6 is 0 Å². The molecule has 0 spiro atoms. The third-order valence-corrected chi connectivity index (χ3v) is 27.0. The molecule has 6 aliphatic heterocycles. The molecule has 6 amide bonds. The van der Waals surface area contributed by atoms with Crippen molar-refractivity contribution in [2.75, 3.05) is 78.5 Å². The number of amides is 6. The minimum atomic E-state index is -0.602. The first-order valence-corrected chi connectivity index (χ1v) is 45.9. The number of pyridine rings is 2. The number of nitrogens with one attached hydrogen (secondary N) is 6. The normalized spacial score (nSPS) is 21.4. The number of carbonyl (C=O) groups excluding carboxylic acids is 10. The second-order valence-corrected chi connectivity index (χ2v) is 39.8. The third-order valence-electron chi connectivity index (χ3n) is 27.0. The Bertz CT molecular complexity index is 4520. The van der Waals surface area contributed by atoms with Gasteiger partial charge in [-0.2, -0.15) is 0 Å². The monoisotopic (exact) mass is 1750 g/mol. The van der Waals surface area contributed by atoms with Gasteiger partial charge in [0.1, 0.15) is 17.1 Å². The summed E-state index contributed by atoms with van der Waals surface area (Å²) in [4.78, 5) is 158. The van der Waals surface area contributed by atoms with Gasteiger partial charge in [-0.05, 0) is 296 Å². The van der Waals surface area contributed by atoms with Crippen LogP contribution in [0.5, 0.6) is 0 Å². The molecule has 12 rings (SSSR count). The molecule has 0 aromatic carbocycles. The highest BCUT2D eigenvalue weighted by atomic mass is 19.1. The average molecular weight is 1750 g/mol. The van der Waals surface area contributed by atoms with Crippen LogP contribution in [-0.2, 0) is 52.5 Å². The Morgan fingerprint density at radius 1 is 0.381 bits per heavy atom. The van der Waals surface area contributed by atoms with Crippen LogP contribution in [0.2, 0.25) is 0 Å². The summed E-state index contributed by atoms with van der Waals surface area (Å²) in [5.41, 5.74) is 3.38. The van der Waals surface area contributed by atoms with E-state index in [1.807, 2.05) is 34.7 Å². The molecule has 4 aliphatic carbocycles. The molecule has 696 valence electrons. The lowest BCUT2D eigenvalue weighted by Crippen LogP contribution is -2.55. The molecule has 6 saturated heterocycles. The maximum absolute atomic E-state index is 13.7. The van der Waals surface area contributed by atoms with Gasteiger partial charge in [-0.3, -0.25) is 57.5 Å². The maximum atomic E-state index is 13.7. The van der Waals surface area contributed by atoms with Crippen molar-refractivity contribution in [2.24, 2.45) is 14.1 Å². The van der Waals surface area contributed by atoms with E-state index in [0.717, 1.165) is 179 Å². The molecule has 8 heterocycles. The molecule has 10 aliphatic rings. The smallest absolute Gasteiger partial charge is 0.268 e. The molecular weight excluding hydrogens is 1600 g/mol. The Balaban J connectivity index is 0.000000207. The number of likely N-dealkylation sites (tertiary alicyclic amines) is 6. The summed E-state index contributed by atoms with van der Waals surface area (Å²) in [6.07, 6.45) is 27.2. The first kappa shape index (κ1) is 104. The van der Waals surface area contributed by atoms with Crippen LogP contribution in [0.4, 0.5) is 4.39 Å². The van der Waals surface area contributed by atoms with Gasteiger partial charge in [-0.1, -0.05) is 17.7 Å². The van der Waals surface area contributed by atoms with Crippen LogP contribution < -0.4 is 42.9 Å². The van der Waals surface area contributed by atoms with Crippen LogP contribution in [0.1, 0.15) is 268 Å². The molecule has 26 nitrogen and oxygen atoms in total. The number of ketones is 4. The first-order chi connectivity index (χ1) is 58.8. The molecule has 27 heteroatoms. The van der Waals surface area contributed by atoms with Gasteiger partial charge in [-0.15, -0.1) is 0 Å². The summed E-state index contributed by atoms with van der Waals surface area (Å²) in [6.45, 7) is 56.2. The molecule has 0 bridgehead atoms. The topological polar surface area (TPSA) is 306 Å². The molecule has 126 heavy (non-hydrogen) atoms. The van der Waals surface area contributed by atoms with Crippen LogP contribution in [0.25, 0.3) is 0 Å². The van der Waals surface area contributed by atoms with Crippen molar-refractivity contribution in [1.82, 2.24) is 70.4 Å². The van der Waals surface area contributed by atoms with E-state index in [1.165, 1.54) is 34.9 Å². The largest absolute Gasteiger partial charge is 0.347 e. The molecule has 6 fully saturated rings. The lowest BCUT2D eigenvalue weighted by molar-refractivity contribution is -0.122. The molecule has 6 N–H and O–H groups in total. The van der Waals surface area contributed by atoms with Gasteiger partial charge in [0.25, 0.3) is 23.3 Å². The summed E-state index contributed by atoms with van der Waals surface area (Å²) in [6, 6.07) is 9.49. The first-order valence-electron chi connectivity index (χ1n) is 45.9. The number of aryl methyl sites for hydroxylation is 2. The summed E-state index contributed by atoms with van der Waals surface area (Å²) >= 11 is 0. The standard InChI is InChI=1S/C17H27N3O2.2C17H26N2O2.C16H23FN2O2.C16H25N3O2.C16H24N2O2/c1-12(2)20-8-6-17(4,7-9-20)18-16(22)15-11-14(21)10-13(3)19(15)5;1-12(2)19-7-5-17(4,6-8-19)18-16(21)14-9-13(3)10-15(20)11-14;1-12(2)19-9-7-17(4,8-10-19)18-16(21)15-11-14(20)6-5-13(15)3;1-11(2)19-8-6-16(3,7-9-19)18-15(21)13-10-12(20)4-5-14(13)17;1-12(2)19-10-7-16(3,8-11-19)17-14(20)13-6-5-9-18(4)15(13)21;1-12(2)18-9-7-16(3,8-10-18)17-15(20)13-5-4-6-14(19)11-13/h10-12H,6-9H2,1-5H3,(H,18,22);10-12H,5-9H2,1-4H3,(H,18,21);5-6,12H,7-11H2,1-4H3,(H,18,21);4-5,11H,6-10H2,1-3H3,(H,18,21);5-6,9,12H,7-8,10-11H2,1-4H3,(H,17,20);4,6,11-12H,5,7-10H2,1-3H3,(H,17,20). The minimum absolute atomic E-state index is 0.00512. The number of aromatic nitrogens is 2. The van der Waals surface area contributed by atoms with Gasteiger partial charge in [0.2, 0.25) is 17.7 Å². The summed E-state index contributed by atoms with van der Waals surface area (Å²) < 4.78 is 16.9. The highest BCUT2D eigenvalue weighted by Gasteiger charge is 2.40. The number of rotatable bonds is 18. The van der Waals surface area contributed by atoms with Crippen molar-refractivity contribution in [3.8, 4) is 0 Å². The Morgan fingerprint density at radius 2 is 0.714 bits per heavy atom. The molecule has 0 saturated carbocycles. The minimum Gasteiger partial charge on any atom is -0.347 e. The van der Waals surface area contributed by atoms with Crippen molar-refractivity contribution in [1.29, 1.82) is 0 Å². The van der Waals surface area contributed by atoms with E-state index in [4.69, 9.17) is 0 Å². The van der Waals surface area contributed by atoms with Gasteiger partial charge in [-0.25, -0.2) is 4.39 Å². The quantitative estimate of drug-likeness (QED) is 0.0808. The van der Waals surface area contributed by atoms with E-state index in [2.05, 4.69) is 179 Å². The van der Waals surface area contributed by atoms with Gasteiger partial charge in [0.05, 0.1) is 5.57 Å². The number of nitrogens with zero attached hydrogens (tertiary/aromatic N) is 8. The highest BCUT2D eigenvalue weighted by molar-refractivity contribution is 6.10. The van der Waals surface area contributed by atoms with Gasteiger partial charge < -0.3 is 70.4 Å². The maximum Gasteiger partial charge on any atom is 0.268 e. The molecule has 2 aromatic heterocycles. The molecular formula is C99H151FN14O12. The van der Waals surface area contributed by atoms with E-state index in [-0.39, 0.29) is 121 Å². The van der Waals surface area contributed by atoms with Gasteiger partial charge in [0.15, 0.2) is 28.6 Å². The van der Waals surface area contributed by atoms with Crippen molar-refractivity contribution in [3.05, 3.63) is 162 Å². The second kappa shape index (κ2) is 45.8. The zero-order valence-electron chi connectivity index (χ0n) is 80.2. The third kappa shape index (κ3) is 31.2. The van der Waals surface area contributed by atoms with Gasteiger partial charge in [0, 0.05) is 216 Å². The van der Waals surface area contributed by atoms with E-state index in [9.17, 15) is 61.9 Å². The van der Waals surface area contributed by atoms with Crippen LogP contribution in [0, 0.1) is 6.92 Å². The number of hydrogen-bond donors (Lipinski definition) is 6. The number of piperidine rings is 6. The van der Waals surface area contributed by atoms with E-state index in [0.29, 0.717) is 71.5 Å². The van der Waals surface area contributed by atoms with Crippen LogP contribution in [0.15, 0.2) is 134 Å². The van der Waals surface area contributed by atoms with Crippen molar-refractivity contribution >= 4 is 58.6 Å². The van der Waals surface area contributed by atoms with E-state index >= 15 is 0 Å². The highest BCUT2D eigenvalue weighted by Crippen LogP contribution is 2.32. The predicted molar refractivity (Wildman–Crippen MR) is 498 cm³/mol. The fraction of sp³-hybridized carbons (Fsp3) is 0.636. The molecule has 0 radical (unpaired) electrons. The Kier molecular flexibility index (Phi) is 37.8. The lowest BCUT2D eigenvalue weighted by Gasteiger charge is -2.41. The number of halogens is 1. The van der Waals surface area contributed by atoms with Crippen LogP contribution in [-0.4, -0.2) is 245 Å². The summed E-state index contributed by atoms with van der Waals surface area (Å²) in [7, 11) is 3.47. The number of hydrogen-bond acceptors (Lipinski definition) is 18. The fourth-order valence-electron chi connectivity index (χ4n) is 17.3. The number of allylic oxidation sites excluding steroid dienone is 12.